The second kappa shape index (κ2) is 3.37. The minimum atomic E-state index is -4.47. The lowest BCUT2D eigenvalue weighted by Gasteiger charge is -2.10. The lowest BCUT2D eigenvalue weighted by molar-refractivity contribution is -0.140. The lowest BCUT2D eigenvalue weighted by Crippen LogP contribution is -2.09. The zero-order chi connectivity index (χ0) is 11.9. The molecule has 5 heteroatoms. The molecule has 16 heavy (non-hydrogen) atoms. The van der Waals surface area contributed by atoms with Crippen LogP contribution in [-0.4, -0.2) is 4.98 Å². The van der Waals surface area contributed by atoms with Gasteiger partial charge in [0.1, 0.15) is 5.69 Å². The number of rotatable bonds is 0. The number of hydrogen-bond acceptors (Lipinski definition) is 2. The molecule has 0 saturated heterocycles. The predicted molar refractivity (Wildman–Crippen MR) is 55.9 cm³/mol. The smallest absolute Gasteiger partial charge is 0.398 e. The van der Waals surface area contributed by atoms with Crippen molar-refractivity contribution in [3.8, 4) is 0 Å². The molecular formula is C11H9F3N2. The van der Waals surface area contributed by atoms with E-state index in [4.69, 9.17) is 5.73 Å². The normalized spacial score (nSPS) is 12.0. The molecule has 1 aromatic heterocycles. The Morgan fingerprint density at radius 1 is 1.25 bits per heavy atom. The van der Waals surface area contributed by atoms with Gasteiger partial charge in [-0.25, -0.2) is 4.98 Å². The number of para-hydroxylation sites is 1. The van der Waals surface area contributed by atoms with Gasteiger partial charge in [0.25, 0.3) is 0 Å². The number of hydrogen-bond donors (Lipinski definition) is 1. The third-order valence-electron chi connectivity index (χ3n) is 2.36. The van der Waals surface area contributed by atoms with Gasteiger partial charge in [0.2, 0.25) is 0 Å². The second-order valence-electron chi connectivity index (χ2n) is 3.57. The summed E-state index contributed by atoms with van der Waals surface area (Å²) in [6.07, 6.45) is -4.47. The highest BCUT2D eigenvalue weighted by Crippen LogP contribution is 2.32. The maximum Gasteiger partial charge on any atom is 0.433 e. The lowest BCUT2D eigenvalue weighted by atomic mass is 10.1. The molecule has 1 aromatic carbocycles. The van der Waals surface area contributed by atoms with Crippen molar-refractivity contribution >= 4 is 16.6 Å². The van der Waals surface area contributed by atoms with Crippen LogP contribution in [0.25, 0.3) is 10.9 Å². The average Bonchev–Trinajstić information content (AvgIpc) is 2.18. The summed E-state index contributed by atoms with van der Waals surface area (Å²) in [5.74, 6) is 0. The predicted octanol–water partition coefficient (Wildman–Crippen LogP) is 3.14. The van der Waals surface area contributed by atoms with E-state index in [1.165, 1.54) is 0 Å². The van der Waals surface area contributed by atoms with Crippen LogP contribution in [0.4, 0.5) is 18.9 Å². The Morgan fingerprint density at radius 3 is 2.56 bits per heavy atom. The molecule has 0 unspecified atom stereocenters. The van der Waals surface area contributed by atoms with Crippen molar-refractivity contribution in [1.29, 1.82) is 0 Å². The molecule has 2 aromatic rings. The standard InChI is InChI=1S/C11H9F3N2/c1-6-3-2-4-7-8(15)5-9(11(12,13)14)16-10(6)7/h2-5H,1H3,(H2,15,16). The number of aryl methyl sites for hydroxylation is 1. The first-order chi connectivity index (χ1) is 7.39. The Kier molecular flexibility index (Phi) is 2.26. The third kappa shape index (κ3) is 1.68. The van der Waals surface area contributed by atoms with Gasteiger partial charge in [0.15, 0.2) is 0 Å². The molecule has 0 fully saturated rings. The van der Waals surface area contributed by atoms with Crippen LogP contribution in [0.15, 0.2) is 24.3 Å². The number of alkyl halides is 3. The van der Waals surface area contributed by atoms with Crippen LogP contribution in [0.2, 0.25) is 0 Å². The van der Waals surface area contributed by atoms with E-state index in [0.717, 1.165) is 6.07 Å². The Morgan fingerprint density at radius 2 is 1.94 bits per heavy atom. The molecule has 0 bridgehead atoms. The molecule has 2 nitrogen and oxygen atoms in total. The van der Waals surface area contributed by atoms with Gasteiger partial charge in [-0.3, -0.25) is 0 Å². The topological polar surface area (TPSA) is 38.9 Å². The summed E-state index contributed by atoms with van der Waals surface area (Å²) in [7, 11) is 0. The number of halogens is 3. The van der Waals surface area contributed by atoms with Gasteiger partial charge in [0.05, 0.1) is 5.52 Å². The van der Waals surface area contributed by atoms with E-state index in [-0.39, 0.29) is 5.69 Å². The molecule has 0 radical (unpaired) electrons. The Balaban J connectivity index is 2.81. The molecule has 0 aliphatic carbocycles. The quantitative estimate of drug-likeness (QED) is 0.749. The zero-order valence-electron chi connectivity index (χ0n) is 8.47. The highest BCUT2D eigenvalue weighted by Gasteiger charge is 2.33. The third-order valence-corrected chi connectivity index (χ3v) is 2.36. The Bertz CT molecular complexity index is 547. The summed E-state index contributed by atoms with van der Waals surface area (Å²) in [6.45, 7) is 1.70. The molecule has 1 heterocycles. The zero-order valence-corrected chi connectivity index (χ0v) is 8.47. The second-order valence-corrected chi connectivity index (χ2v) is 3.57. The summed E-state index contributed by atoms with van der Waals surface area (Å²) in [6, 6.07) is 5.96. The van der Waals surface area contributed by atoms with E-state index in [9.17, 15) is 13.2 Å². The van der Waals surface area contributed by atoms with E-state index in [2.05, 4.69) is 4.98 Å². The first-order valence-corrected chi connectivity index (χ1v) is 4.62. The fourth-order valence-corrected chi connectivity index (χ4v) is 1.56. The largest absolute Gasteiger partial charge is 0.433 e. The van der Waals surface area contributed by atoms with E-state index in [1.54, 1.807) is 25.1 Å². The first-order valence-electron chi connectivity index (χ1n) is 4.62. The monoisotopic (exact) mass is 226 g/mol. The van der Waals surface area contributed by atoms with Gasteiger partial charge in [0, 0.05) is 11.1 Å². The van der Waals surface area contributed by atoms with Crippen molar-refractivity contribution in [3.63, 3.8) is 0 Å². The summed E-state index contributed by atoms with van der Waals surface area (Å²) in [5, 5.41) is 0.549. The molecule has 0 amide bonds. The van der Waals surface area contributed by atoms with Crippen molar-refractivity contribution in [3.05, 3.63) is 35.5 Å². The number of nitrogens with zero attached hydrogens (tertiary/aromatic N) is 1. The van der Waals surface area contributed by atoms with E-state index < -0.39 is 11.9 Å². The van der Waals surface area contributed by atoms with E-state index in [0.29, 0.717) is 16.5 Å². The molecule has 2 N–H and O–H groups in total. The fourth-order valence-electron chi connectivity index (χ4n) is 1.56. The van der Waals surface area contributed by atoms with Crippen molar-refractivity contribution in [2.75, 3.05) is 5.73 Å². The van der Waals surface area contributed by atoms with Gasteiger partial charge in [-0.15, -0.1) is 0 Å². The molecule has 0 aliphatic rings. The molecule has 0 aliphatic heterocycles. The van der Waals surface area contributed by atoms with Gasteiger partial charge in [-0.1, -0.05) is 18.2 Å². The van der Waals surface area contributed by atoms with Crippen molar-refractivity contribution in [1.82, 2.24) is 4.98 Å². The van der Waals surface area contributed by atoms with Crippen LogP contribution < -0.4 is 5.73 Å². The highest BCUT2D eigenvalue weighted by atomic mass is 19.4. The van der Waals surface area contributed by atoms with Gasteiger partial charge >= 0.3 is 6.18 Å². The number of anilines is 1. The molecule has 0 saturated carbocycles. The van der Waals surface area contributed by atoms with Gasteiger partial charge in [-0.2, -0.15) is 13.2 Å². The minimum Gasteiger partial charge on any atom is -0.398 e. The fraction of sp³-hybridized carbons (Fsp3) is 0.182. The van der Waals surface area contributed by atoms with Gasteiger partial charge in [-0.05, 0) is 18.6 Å². The Labute approximate surface area is 89.9 Å². The first kappa shape index (κ1) is 10.7. The summed E-state index contributed by atoms with van der Waals surface area (Å²) in [4.78, 5) is 3.60. The highest BCUT2D eigenvalue weighted by molar-refractivity contribution is 5.92. The number of aromatic nitrogens is 1. The SMILES string of the molecule is Cc1cccc2c(N)cc(C(F)(F)F)nc12. The molecule has 2 rings (SSSR count). The molecule has 0 spiro atoms. The van der Waals surface area contributed by atoms with Crippen LogP contribution in [-0.2, 0) is 6.18 Å². The maximum absolute atomic E-state index is 12.5. The number of pyridine rings is 1. The Hall–Kier alpha value is -1.78. The van der Waals surface area contributed by atoms with Crippen LogP contribution >= 0.6 is 0 Å². The van der Waals surface area contributed by atoms with E-state index in [1.807, 2.05) is 0 Å². The van der Waals surface area contributed by atoms with Crippen LogP contribution in [0.3, 0.4) is 0 Å². The van der Waals surface area contributed by atoms with Crippen molar-refractivity contribution in [2.45, 2.75) is 13.1 Å². The summed E-state index contributed by atoms with van der Waals surface area (Å²) < 4.78 is 37.5. The minimum absolute atomic E-state index is 0.0982. The molecule has 84 valence electrons. The average molecular weight is 226 g/mol. The molecule has 0 atom stereocenters. The van der Waals surface area contributed by atoms with Crippen LogP contribution in [0.1, 0.15) is 11.3 Å². The van der Waals surface area contributed by atoms with Crippen LogP contribution in [0.5, 0.6) is 0 Å². The van der Waals surface area contributed by atoms with Crippen LogP contribution in [0, 0.1) is 6.92 Å². The summed E-state index contributed by atoms with van der Waals surface area (Å²) in [5.41, 5.74) is 5.71. The van der Waals surface area contributed by atoms with Crippen molar-refractivity contribution in [2.24, 2.45) is 0 Å². The number of nitrogens with two attached hydrogens (primary N) is 1. The van der Waals surface area contributed by atoms with Gasteiger partial charge < -0.3 is 5.73 Å². The van der Waals surface area contributed by atoms with E-state index >= 15 is 0 Å². The number of fused-ring (bicyclic) bond motifs is 1. The number of nitrogen functional groups attached to an aromatic ring is 1. The number of benzene rings is 1. The molecular weight excluding hydrogens is 217 g/mol. The maximum atomic E-state index is 12.5. The van der Waals surface area contributed by atoms with Crippen molar-refractivity contribution < 1.29 is 13.2 Å². The summed E-state index contributed by atoms with van der Waals surface area (Å²) >= 11 is 0.